The first-order chi connectivity index (χ1) is 9.74. The van der Waals surface area contributed by atoms with Crippen LogP contribution in [0.5, 0.6) is 0 Å². The zero-order valence-corrected chi connectivity index (χ0v) is 12.1. The number of amides is 2. The average molecular weight is 279 g/mol. The Morgan fingerprint density at radius 1 is 0.900 bits per heavy atom. The average Bonchev–Trinajstić information content (AvgIpc) is 3.21. The molecular formula is C15H25N3O2. The Balaban J connectivity index is 1.38. The minimum absolute atomic E-state index is 0.190. The van der Waals surface area contributed by atoms with Gasteiger partial charge in [0.2, 0.25) is 11.8 Å². The van der Waals surface area contributed by atoms with Crippen molar-refractivity contribution < 1.29 is 9.59 Å². The van der Waals surface area contributed by atoms with Gasteiger partial charge in [-0.25, -0.2) is 0 Å². The molecule has 2 aliphatic carbocycles. The third-order valence-corrected chi connectivity index (χ3v) is 4.77. The zero-order chi connectivity index (χ0) is 13.9. The predicted octanol–water partition coefficient (Wildman–Crippen LogP) is 0.599. The topological polar surface area (TPSA) is 52.7 Å². The molecule has 0 bridgehead atoms. The zero-order valence-electron chi connectivity index (χ0n) is 12.1. The Labute approximate surface area is 120 Å². The highest BCUT2D eigenvalue weighted by atomic mass is 16.2. The Morgan fingerprint density at radius 3 is 2.10 bits per heavy atom. The Hall–Kier alpha value is -1.10. The van der Waals surface area contributed by atoms with Crippen LogP contribution in [0.25, 0.3) is 0 Å². The molecule has 1 aliphatic heterocycles. The van der Waals surface area contributed by atoms with Gasteiger partial charge in [-0.05, 0) is 25.7 Å². The van der Waals surface area contributed by atoms with Crippen molar-refractivity contribution in [3.8, 4) is 0 Å². The predicted molar refractivity (Wildman–Crippen MR) is 76.1 cm³/mol. The van der Waals surface area contributed by atoms with Gasteiger partial charge in [-0.1, -0.05) is 12.8 Å². The molecule has 5 nitrogen and oxygen atoms in total. The summed E-state index contributed by atoms with van der Waals surface area (Å²) in [7, 11) is 0. The second-order valence-corrected chi connectivity index (χ2v) is 6.34. The van der Waals surface area contributed by atoms with Crippen LogP contribution in [0.3, 0.4) is 0 Å². The van der Waals surface area contributed by atoms with Crippen molar-refractivity contribution in [1.82, 2.24) is 15.1 Å². The van der Waals surface area contributed by atoms with Crippen molar-refractivity contribution in [3.63, 3.8) is 0 Å². The third kappa shape index (κ3) is 3.32. The van der Waals surface area contributed by atoms with E-state index in [2.05, 4.69) is 5.32 Å². The van der Waals surface area contributed by atoms with Crippen LogP contribution in [0.4, 0.5) is 0 Å². The summed E-state index contributed by atoms with van der Waals surface area (Å²) in [5, 5.41) is 3.37. The fourth-order valence-electron chi connectivity index (χ4n) is 3.24. The summed E-state index contributed by atoms with van der Waals surface area (Å²) in [6.45, 7) is 3.28. The molecule has 0 aromatic carbocycles. The molecular weight excluding hydrogens is 254 g/mol. The number of carbonyl (C=O) groups is 2. The smallest absolute Gasteiger partial charge is 0.236 e. The molecule has 20 heavy (non-hydrogen) atoms. The number of carbonyl (C=O) groups excluding carboxylic acids is 2. The maximum atomic E-state index is 12.1. The largest absolute Gasteiger partial charge is 0.339 e. The molecule has 0 atom stereocenters. The summed E-state index contributed by atoms with van der Waals surface area (Å²) in [6, 6.07) is 0.539. The summed E-state index contributed by atoms with van der Waals surface area (Å²) in [4.78, 5) is 27.9. The molecule has 3 aliphatic rings. The Morgan fingerprint density at radius 2 is 1.50 bits per heavy atom. The van der Waals surface area contributed by atoms with Crippen LogP contribution in [0.1, 0.15) is 38.5 Å². The van der Waals surface area contributed by atoms with Crippen molar-refractivity contribution >= 4 is 11.8 Å². The lowest BCUT2D eigenvalue weighted by Crippen LogP contribution is -2.53. The molecule has 0 spiro atoms. The van der Waals surface area contributed by atoms with E-state index in [0.29, 0.717) is 50.6 Å². The lowest BCUT2D eigenvalue weighted by atomic mass is 10.2. The number of hydrogen-bond acceptors (Lipinski definition) is 3. The molecule has 3 rings (SSSR count). The molecule has 0 radical (unpaired) electrons. The fourth-order valence-corrected chi connectivity index (χ4v) is 3.24. The number of rotatable bonds is 4. The Bertz CT molecular complexity index is 367. The maximum Gasteiger partial charge on any atom is 0.236 e. The van der Waals surface area contributed by atoms with Crippen molar-refractivity contribution in [3.05, 3.63) is 0 Å². The standard InChI is InChI=1S/C15H25N3O2/c19-14(11-16-13-3-1-2-4-13)17-7-9-18(10-8-17)15(20)12-5-6-12/h12-13,16H,1-11H2. The maximum absolute atomic E-state index is 12.1. The number of hydrogen-bond donors (Lipinski definition) is 1. The van der Waals surface area contributed by atoms with Crippen LogP contribution in [-0.4, -0.2) is 60.4 Å². The lowest BCUT2D eigenvalue weighted by molar-refractivity contribution is -0.139. The van der Waals surface area contributed by atoms with E-state index in [1.807, 2.05) is 9.80 Å². The van der Waals surface area contributed by atoms with Gasteiger partial charge in [-0.15, -0.1) is 0 Å². The summed E-state index contributed by atoms with van der Waals surface area (Å²) in [5.74, 6) is 0.790. The van der Waals surface area contributed by atoms with Crippen LogP contribution >= 0.6 is 0 Å². The second-order valence-electron chi connectivity index (χ2n) is 6.34. The highest BCUT2D eigenvalue weighted by Gasteiger charge is 2.35. The van der Waals surface area contributed by atoms with Gasteiger partial charge in [-0.2, -0.15) is 0 Å². The second kappa shape index (κ2) is 6.12. The monoisotopic (exact) mass is 279 g/mol. The van der Waals surface area contributed by atoms with E-state index in [0.717, 1.165) is 12.8 Å². The van der Waals surface area contributed by atoms with Crippen molar-refractivity contribution in [2.45, 2.75) is 44.6 Å². The minimum Gasteiger partial charge on any atom is -0.339 e. The van der Waals surface area contributed by atoms with E-state index in [1.54, 1.807) is 0 Å². The van der Waals surface area contributed by atoms with Gasteiger partial charge in [0.15, 0.2) is 0 Å². The molecule has 0 aromatic heterocycles. The molecule has 1 N–H and O–H groups in total. The lowest BCUT2D eigenvalue weighted by Gasteiger charge is -2.35. The highest BCUT2D eigenvalue weighted by Crippen LogP contribution is 2.31. The van der Waals surface area contributed by atoms with Gasteiger partial charge in [0, 0.05) is 38.1 Å². The van der Waals surface area contributed by atoms with E-state index < -0.39 is 0 Å². The first-order valence-electron chi connectivity index (χ1n) is 8.04. The van der Waals surface area contributed by atoms with Gasteiger partial charge in [0.05, 0.1) is 6.54 Å². The van der Waals surface area contributed by atoms with E-state index in [9.17, 15) is 9.59 Å². The molecule has 1 saturated heterocycles. The highest BCUT2D eigenvalue weighted by molar-refractivity contribution is 5.82. The van der Waals surface area contributed by atoms with Crippen LogP contribution in [0, 0.1) is 5.92 Å². The number of piperazine rings is 1. The molecule has 1 heterocycles. The van der Waals surface area contributed by atoms with Crippen LogP contribution in [0.2, 0.25) is 0 Å². The first-order valence-corrected chi connectivity index (χ1v) is 8.04. The van der Waals surface area contributed by atoms with Gasteiger partial charge < -0.3 is 15.1 Å². The summed E-state index contributed by atoms with van der Waals surface area (Å²) >= 11 is 0. The summed E-state index contributed by atoms with van der Waals surface area (Å²) in [6.07, 6.45) is 7.10. The van der Waals surface area contributed by atoms with Crippen molar-refractivity contribution in [1.29, 1.82) is 0 Å². The van der Waals surface area contributed by atoms with Crippen LogP contribution in [0.15, 0.2) is 0 Å². The molecule has 5 heteroatoms. The minimum atomic E-state index is 0.190. The first kappa shape index (κ1) is 13.9. The molecule has 0 unspecified atom stereocenters. The summed E-state index contributed by atoms with van der Waals surface area (Å²) < 4.78 is 0. The van der Waals surface area contributed by atoms with E-state index >= 15 is 0 Å². The van der Waals surface area contributed by atoms with E-state index in [1.165, 1.54) is 25.7 Å². The quantitative estimate of drug-likeness (QED) is 0.820. The molecule has 2 saturated carbocycles. The summed E-state index contributed by atoms with van der Waals surface area (Å²) in [5.41, 5.74) is 0. The van der Waals surface area contributed by atoms with Gasteiger partial charge in [0.1, 0.15) is 0 Å². The number of nitrogens with zero attached hydrogens (tertiary/aromatic N) is 2. The van der Waals surface area contributed by atoms with Crippen LogP contribution in [-0.2, 0) is 9.59 Å². The van der Waals surface area contributed by atoms with E-state index in [-0.39, 0.29) is 5.91 Å². The number of nitrogens with one attached hydrogen (secondary N) is 1. The molecule has 3 fully saturated rings. The SMILES string of the molecule is O=C(CNC1CCCC1)N1CCN(C(=O)C2CC2)CC1. The third-order valence-electron chi connectivity index (χ3n) is 4.77. The molecule has 0 aromatic rings. The van der Waals surface area contributed by atoms with E-state index in [4.69, 9.17) is 0 Å². The van der Waals surface area contributed by atoms with Gasteiger partial charge >= 0.3 is 0 Å². The van der Waals surface area contributed by atoms with Gasteiger partial charge in [-0.3, -0.25) is 9.59 Å². The van der Waals surface area contributed by atoms with Crippen molar-refractivity contribution in [2.75, 3.05) is 32.7 Å². The molecule has 112 valence electrons. The fraction of sp³-hybridized carbons (Fsp3) is 0.867. The van der Waals surface area contributed by atoms with Crippen LogP contribution < -0.4 is 5.32 Å². The normalized spacial score (nSPS) is 24.2. The van der Waals surface area contributed by atoms with Crippen molar-refractivity contribution in [2.24, 2.45) is 5.92 Å². The molecule has 2 amide bonds. The van der Waals surface area contributed by atoms with Gasteiger partial charge in [0.25, 0.3) is 0 Å². The Kier molecular flexibility index (Phi) is 4.24.